The van der Waals surface area contributed by atoms with Crippen LogP contribution >= 0.6 is 0 Å². The van der Waals surface area contributed by atoms with Crippen molar-refractivity contribution in [3.63, 3.8) is 0 Å². The molecule has 0 aliphatic rings. The molecule has 10 heavy (non-hydrogen) atoms. The lowest BCUT2D eigenvalue weighted by Crippen LogP contribution is -2.18. The van der Waals surface area contributed by atoms with E-state index in [2.05, 4.69) is 4.99 Å². The molecule has 0 aromatic heterocycles. The molecule has 1 atom stereocenters. The van der Waals surface area contributed by atoms with Gasteiger partial charge in [-0.05, 0) is 5.92 Å². The lowest BCUT2D eigenvalue weighted by atomic mass is 10.1. The lowest BCUT2D eigenvalue weighted by Gasteiger charge is -2.11. The highest BCUT2D eigenvalue weighted by atomic mass is 16.5. The molecule has 3 heteroatoms. The molecule has 0 amide bonds. The third kappa shape index (κ3) is 3.38. The number of methoxy groups -OCH3 is 1. The molecule has 0 heterocycles. The molecule has 0 aliphatic heterocycles. The van der Waals surface area contributed by atoms with E-state index in [9.17, 15) is 4.79 Å². The first kappa shape index (κ1) is 9.34. The van der Waals surface area contributed by atoms with Crippen LogP contribution in [0.4, 0.5) is 0 Å². The van der Waals surface area contributed by atoms with Crippen molar-refractivity contribution in [2.45, 2.75) is 19.9 Å². The highest BCUT2D eigenvalue weighted by molar-refractivity contribution is 5.33. The number of hydrogen-bond acceptors (Lipinski definition) is 3. The summed E-state index contributed by atoms with van der Waals surface area (Å²) in [5.41, 5.74) is 0. The van der Waals surface area contributed by atoms with Gasteiger partial charge in [0.25, 0.3) is 0 Å². The molecule has 0 aliphatic carbocycles. The second-order valence-electron chi connectivity index (χ2n) is 2.49. The molecule has 3 nitrogen and oxygen atoms in total. The number of aliphatic imine (C=N–C) groups is 1. The van der Waals surface area contributed by atoms with E-state index in [0.717, 1.165) is 0 Å². The fraction of sp³-hybridized carbons (Fsp3) is 0.857. The molecular formula is C7H13NO2. The summed E-state index contributed by atoms with van der Waals surface area (Å²) in [6.45, 7) is 4.47. The minimum absolute atomic E-state index is 0.0394. The van der Waals surface area contributed by atoms with Gasteiger partial charge in [0, 0.05) is 7.11 Å². The highest BCUT2D eigenvalue weighted by Crippen LogP contribution is 2.04. The zero-order valence-electron chi connectivity index (χ0n) is 6.63. The van der Waals surface area contributed by atoms with Gasteiger partial charge in [-0.25, -0.2) is 4.79 Å². The number of carbonyl (C=O) groups excluding carboxylic acids is 1. The maximum Gasteiger partial charge on any atom is 0.235 e. The molecule has 58 valence electrons. The molecule has 0 radical (unpaired) electrons. The Balaban J connectivity index is 3.84. The third-order valence-corrected chi connectivity index (χ3v) is 1.33. The predicted octanol–water partition coefficient (Wildman–Crippen LogP) is 0.993. The summed E-state index contributed by atoms with van der Waals surface area (Å²) >= 11 is 0. The molecular weight excluding hydrogens is 130 g/mol. The maximum atomic E-state index is 9.85. The summed E-state index contributed by atoms with van der Waals surface area (Å²) in [5, 5.41) is 0. The second-order valence-corrected chi connectivity index (χ2v) is 2.49. The third-order valence-electron chi connectivity index (χ3n) is 1.33. The number of isocyanates is 1. The lowest BCUT2D eigenvalue weighted by molar-refractivity contribution is 0.165. The number of nitrogens with zero attached hydrogens (tertiary/aromatic N) is 1. The van der Waals surface area contributed by atoms with Crippen LogP contribution in [0.5, 0.6) is 0 Å². The number of ether oxygens (including phenoxy) is 1. The summed E-state index contributed by atoms with van der Waals surface area (Å²) in [4.78, 5) is 13.4. The normalized spacial score (nSPS) is 12.8. The van der Waals surface area contributed by atoms with E-state index < -0.39 is 0 Å². The Morgan fingerprint density at radius 1 is 1.60 bits per heavy atom. The molecule has 0 rings (SSSR count). The molecule has 0 aromatic rings. The van der Waals surface area contributed by atoms with Crippen molar-refractivity contribution in [2.24, 2.45) is 10.9 Å². The zero-order valence-corrected chi connectivity index (χ0v) is 6.63. The quantitative estimate of drug-likeness (QED) is 0.435. The van der Waals surface area contributed by atoms with Crippen molar-refractivity contribution >= 4 is 6.08 Å². The molecule has 0 saturated heterocycles. The Morgan fingerprint density at radius 3 is 2.50 bits per heavy atom. The molecule has 0 bridgehead atoms. The van der Waals surface area contributed by atoms with Crippen LogP contribution in [-0.4, -0.2) is 25.8 Å². The summed E-state index contributed by atoms with van der Waals surface area (Å²) < 4.78 is 4.85. The first-order valence-corrected chi connectivity index (χ1v) is 3.28. The average Bonchev–Trinajstić information content (AvgIpc) is 1.87. The van der Waals surface area contributed by atoms with Crippen molar-refractivity contribution in [1.82, 2.24) is 0 Å². The molecule has 0 aromatic carbocycles. The number of hydrogen-bond donors (Lipinski definition) is 0. The SMILES string of the molecule is COCC(N=C=O)C(C)C. The standard InChI is InChI=1S/C7H13NO2/c1-6(2)7(4-10-3)8-5-9/h6-7H,4H2,1-3H3. The molecule has 0 spiro atoms. The van der Waals surface area contributed by atoms with Crippen molar-refractivity contribution in [3.05, 3.63) is 0 Å². The van der Waals surface area contributed by atoms with Crippen molar-refractivity contribution in [1.29, 1.82) is 0 Å². The van der Waals surface area contributed by atoms with Gasteiger partial charge in [-0.15, -0.1) is 0 Å². The summed E-state index contributed by atoms with van der Waals surface area (Å²) in [5.74, 6) is 0.335. The van der Waals surface area contributed by atoms with Crippen LogP contribution in [0.25, 0.3) is 0 Å². The Bertz CT molecular complexity index is 128. The monoisotopic (exact) mass is 143 g/mol. The van der Waals surface area contributed by atoms with Crippen LogP contribution in [0, 0.1) is 5.92 Å². The average molecular weight is 143 g/mol. The van der Waals surface area contributed by atoms with Crippen LogP contribution in [0.2, 0.25) is 0 Å². The van der Waals surface area contributed by atoms with Crippen molar-refractivity contribution in [2.75, 3.05) is 13.7 Å². The molecule has 1 unspecified atom stereocenters. The Hall–Kier alpha value is -0.660. The van der Waals surface area contributed by atoms with E-state index in [1.54, 1.807) is 7.11 Å². The predicted molar refractivity (Wildman–Crippen MR) is 38.6 cm³/mol. The van der Waals surface area contributed by atoms with Gasteiger partial charge in [0.1, 0.15) is 0 Å². The van der Waals surface area contributed by atoms with Crippen LogP contribution in [-0.2, 0) is 9.53 Å². The first-order valence-electron chi connectivity index (χ1n) is 3.28. The van der Waals surface area contributed by atoms with Gasteiger partial charge in [0.2, 0.25) is 6.08 Å². The van der Waals surface area contributed by atoms with E-state index >= 15 is 0 Å². The number of rotatable bonds is 4. The Morgan fingerprint density at radius 2 is 2.20 bits per heavy atom. The fourth-order valence-corrected chi connectivity index (χ4v) is 0.617. The van der Waals surface area contributed by atoms with Crippen LogP contribution in [0.3, 0.4) is 0 Å². The van der Waals surface area contributed by atoms with E-state index in [-0.39, 0.29) is 6.04 Å². The van der Waals surface area contributed by atoms with Crippen molar-refractivity contribution < 1.29 is 9.53 Å². The Kier molecular flexibility index (Phi) is 4.81. The molecule has 0 saturated carbocycles. The molecule has 0 fully saturated rings. The van der Waals surface area contributed by atoms with Crippen molar-refractivity contribution in [3.8, 4) is 0 Å². The van der Waals surface area contributed by atoms with Gasteiger partial charge >= 0.3 is 0 Å². The first-order chi connectivity index (χ1) is 4.72. The van der Waals surface area contributed by atoms with Gasteiger partial charge < -0.3 is 4.74 Å². The topological polar surface area (TPSA) is 38.7 Å². The highest BCUT2D eigenvalue weighted by Gasteiger charge is 2.10. The smallest absolute Gasteiger partial charge is 0.235 e. The summed E-state index contributed by atoms with van der Waals surface area (Å²) in [6.07, 6.45) is 1.53. The van der Waals surface area contributed by atoms with Crippen LogP contribution < -0.4 is 0 Å². The van der Waals surface area contributed by atoms with Gasteiger partial charge in [-0.2, -0.15) is 4.99 Å². The molecule has 0 N–H and O–H groups in total. The van der Waals surface area contributed by atoms with E-state index in [1.807, 2.05) is 13.8 Å². The summed E-state index contributed by atoms with van der Waals surface area (Å²) in [7, 11) is 1.59. The van der Waals surface area contributed by atoms with Gasteiger partial charge in [0.05, 0.1) is 12.6 Å². The van der Waals surface area contributed by atoms with Gasteiger partial charge in [0.15, 0.2) is 0 Å². The van der Waals surface area contributed by atoms with Crippen LogP contribution in [0.1, 0.15) is 13.8 Å². The zero-order chi connectivity index (χ0) is 7.98. The van der Waals surface area contributed by atoms with Crippen LogP contribution in [0.15, 0.2) is 4.99 Å². The minimum atomic E-state index is -0.0394. The largest absolute Gasteiger partial charge is 0.382 e. The van der Waals surface area contributed by atoms with Gasteiger partial charge in [-0.3, -0.25) is 0 Å². The van der Waals surface area contributed by atoms with E-state index in [1.165, 1.54) is 6.08 Å². The second kappa shape index (κ2) is 5.15. The Labute approximate surface area is 61.1 Å². The van der Waals surface area contributed by atoms with Gasteiger partial charge in [-0.1, -0.05) is 13.8 Å². The minimum Gasteiger partial charge on any atom is -0.382 e. The maximum absolute atomic E-state index is 9.85. The van der Waals surface area contributed by atoms with E-state index in [4.69, 9.17) is 4.74 Å². The summed E-state index contributed by atoms with van der Waals surface area (Å²) in [6, 6.07) is -0.0394. The van der Waals surface area contributed by atoms with E-state index in [0.29, 0.717) is 12.5 Å². The fourth-order valence-electron chi connectivity index (χ4n) is 0.617.